The Labute approximate surface area is 97.7 Å². The van der Waals surface area contributed by atoms with Crippen LogP contribution >= 0.6 is 0 Å². The van der Waals surface area contributed by atoms with E-state index >= 15 is 0 Å². The van der Waals surface area contributed by atoms with Crippen molar-refractivity contribution in [3.8, 4) is 0 Å². The Kier molecular flexibility index (Phi) is 3.32. The lowest BCUT2D eigenvalue weighted by Gasteiger charge is -2.22. The highest BCUT2D eigenvalue weighted by atomic mass is 15.2. The molecule has 3 heteroatoms. The Morgan fingerprint density at radius 3 is 2.88 bits per heavy atom. The molecule has 0 saturated carbocycles. The smallest absolute Gasteiger partial charge is 0.128 e. The maximum atomic E-state index is 5.79. The van der Waals surface area contributed by atoms with Gasteiger partial charge in [-0.2, -0.15) is 0 Å². The van der Waals surface area contributed by atoms with Crippen molar-refractivity contribution in [1.29, 1.82) is 0 Å². The third-order valence-corrected chi connectivity index (χ3v) is 3.45. The fourth-order valence-electron chi connectivity index (χ4n) is 2.23. The Balaban J connectivity index is 2.13. The van der Waals surface area contributed by atoms with Crippen LogP contribution in [0.1, 0.15) is 31.9 Å². The van der Waals surface area contributed by atoms with Gasteiger partial charge in [0.1, 0.15) is 5.82 Å². The maximum Gasteiger partial charge on any atom is 0.128 e. The number of nitrogens with two attached hydrogens (primary N) is 1. The predicted octanol–water partition coefficient (Wildman–Crippen LogP) is 2.60. The van der Waals surface area contributed by atoms with E-state index in [0.29, 0.717) is 0 Å². The van der Waals surface area contributed by atoms with Gasteiger partial charge in [0.15, 0.2) is 0 Å². The molecule has 1 saturated heterocycles. The van der Waals surface area contributed by atoms with E-state index in [2.05, 4.69) is 16.8 Å². The molecule has 2 N–H and O–H groups in total. The average Bonchev–Trinajstić information content (AvgIpc) is 2.47. The van der Waals surface area contributed by atoms with Gasteiger partial charge in [-0.25, -0.2) is 4.98 Å². The standard InChI is InChI=1S/C13H21N3/c1-10-4-3-8-16(9-7-10)13-6-5-12(14)11(2)15-13/h5-6,10H,3-4,7-9,14H2,1-2H3. The number of anilines is 2. The van der Waals surface area contributed by atoms with Gasteiger partial charge in [0, 0.05) is 13.1 Å². The molecule has 0 amide bonds. The first-order valence-corrected chi connectivity index (χ1v) is 6.15. The van der Waals surface area contributed by atoms with Crippen LogP contribution in [-0.4, -0.2) is 18.1 Å². The van der Waals surface area contributed by atoms with Crippen LogP contribution in [0.3, 0.4) is 0 Å². The fourth-order valence-corrected chi connectivity index (χ4v) is 2.23. The number of rotatable bonds is 1. The van der Waals surface area contributed by atoms with Crippen molar-refractivity contribution in [3.63, 3.8) is 0 Å². The summed E-state index contributed by atoms with van der Waals surface area (Å²) in [7, 11) is 0. The van der Waals surface area contributed by atoms with E-state index in [1.807, 2.05) is 19.1 Å². The van der Waals surface area contributed by atoms with Gasteiger partial charge in [0.05, 0.1) is 11.4 Å². The lowest BCUT2D eigenvalue weighted by molar-refractivity contribution is 0.521. The zero-order valence-corrected chi connectivity index (χ0v) is 10.2. The first kappa shape index (κ1) is 11.2. The van der Waals surface area contributed by atoms with Gasteiger partial charge >= 0.3 is 0 Å². The first-order chi connectivity index (χ1) is 7.66. The summed E-state index contributed by atoms with van der Waals surface area (Å²) in [6.07, 6.45) is 3.88. The van der Waals surface area contributed by atoms with Crippen molar-refractivity contribution >= 4 is 11.5 Å². The van der Waals surface area contributed by atoms with Gasteiger partial charge in [0.25, 0.3) is 0 Å². The van der Waals surface area contributed by atoms with E-state index in [-0.39, 0.29) is 0 Å². The average molecular weight is 219 g/mol. The summed E-state index contributed by atoms with van der Waals surface area (Å²) in [6, 6.07) is 4.00. The van der Waals surface area contributed by atoms with E-state index in [0.717, 1.165) is 36.2 Å². The summed E-state index contributed by atoms with van der Waals surface area (Å²) in [4.78, 5) is 6.95. The van der Waals surface area contributed by atoms with Crippen LogP contribution in [0.15, 0.2) is 12.1 Å². The van der Waals surface area contributed by atoms with Crippen molar-refractivity contribution < 1.29 is 0 Å². The molecular formula is C13H21N3. The molecule has 1 unspecified atom stereocenters. The molecule has 1 aromatic heterocycles. The molecule has 0 bridgehead atoms. The Morgan fingerprint density at radius 1 is 1.31 bits per heavy atom. The molecule has 0 spiro atoms. The third-order valence-electron chi connectivity index (χ3n) is 3.45. The van der Waals surface area contributed by atoms with Crippen LogP contribution in [-0.2, 0) is 0 Å². The molecule has 2 rings (SSSR count). The zero-order valence-electron chi connectivity index (χ0n) is 10.2. The van der Waals surface area contributed by atoms with E-state index < -0.39 is 0 Å². The molecule has 88 valence electrons. The van der Waals surface area contributed by atoms with Crippen LogP contribution in [0.2, 0.25) is 0 Å². The highest BCUT2D eigenvalue weighted by Gasteiger charge is 2.15. The quantitative estimate of drug-likeness (QED) is 0.789. The SMILES string of the molecule is Cc1nc(N2CCCC(C)CC2)ccc1N. The first-order valence-electron chi connectivity index (χ1n) is 6.15. The summed E-state index contributed by atoms with van der Waals surface area (Å²) in [5.74, 6) is 1.93. The molecular weight excluding hydrogens is 198 g/mol. The van der Waals surface area contributed by atoms with Crippen molar-refractivity contribution in [3.05, 3.63) is 17.8 Å². The van der Waals surface area contributed by atoms with Gasteiger partial charge in [-0.05, 0) is 44.2 Å². The van der Waals surface area contributed by atoms with Crippen LogP contribution < -0.4 is 10.6 Å². The highest BCUT2D eigenvalue weighted by Crippen LogP contribution is 2.22. The monoisotopic (exact) mass is 219 g/mol. The van der Waals surface area contributed by atoms with Crippen LogP contribution in [0.4, 0.5) is 11.5 Å². The molecule has 1 aromatic rings. The highest BCUT2D eigenvalue weighted by molar-refractivity contribution is 5.50. The van der Waals surface area contributed by atoms with Gasteiger partial charge in [0.2, 0.25) is 0 Å². The van der Waals surface area contributed by atoms with E-state index in [4.69, 9.17) is 5.73 Å². The lowest BCUT2D eigenvalue weighted by Crippen LogP contribution is -2.25. The van der Waals surface area contributed by atoms with Crippen molar-refractivity contribution in [2.24, 2.45) is 5.92 Å². The minimum Gasteiger partial charge on any atom is -0.397 e. The Hall–Kier alpha value is -1.25. The minimum atomic E-state index is 0.784. The van der Waals surface area contributed by atoms with Gasteiger partial charge in [-0.15, -0.1) is 0 Å². The normalized spacial score (nSPS) is 21.9. The molecule has 1 aliphatic heterocycles. The lowest BCUT2D eigenvalue weighted by atomic mass is 10.0. The Morgan fingerprint density at radius 2 is 2.12 bits per heavy atom. The van der Waals surface area contributed by atoms with Crippen LogP contribution in [0.25, 0.3) is 0 Å². The van der Waals surface area contributed by atoms with Crippen LogP contribution in [0.5, 0.6) is 0 Å². The van der Waals surface area contributed by atoms with Crippen molar-refractivity contribution in [2.45, 2.75) is 33.1 Å². The summed E-state index contributed by atoms with van der Waals surface area (Å²) in [6.45, 7) is 6.56. The number of pyridine rings is 1. The summed E-state index contributed by atoms with van der Waals surface area (Å²) in [5.41, 5.74) is 7.51. The summed E-state index contributed by atoms with van der Waals surface area (Å²) in [5, 5.41) is 0. The molecule has 1 aliphatic rings. The van der Waals surface area contributed by atoms with Gasteiger partial charge in [-0.3, -0.25) is 0 Å². The van der Waals surface area contributed by atoms with Gasteiger partial charge in [-0.1, -0.05) is 6.92 Å². The topological polar surface area (TPSA) is 42.2 Å². The van der Waals surface area contributed by atoms with E-state index in [1.165, 1.54) is 19.3 Å². The molecule has 0 aromatic carbocycles. The molecule has 0 aliphatic carbocycles. The van der Waals surface area contributed by atoms with Crippen LogP contribution in [0, 0.1) is 12.8 Å². The van der Waals surface area contributed by atoms with E-state index in [9.17, 15) is 0 Å². The molecule has 2 heterocycles. The molecule has 1 atom stereocenters. The summed E-state index contributed by atoms with van der Waals surface area (Å²) >= 11 is 0. The summed E-state index contributed by atoms with van der Waals surface area (Å²) < 4.78 is 0. The fraction of sp³-hybridized carbons (Fsp3) is 0.615. The maximum absolute atomic E-state index is 5.79. The second-order valence-corrected chi connectivity index (χ2v) is 4.87. The van der Waals surface area contributed by atoms with Crippen molar-refractivity contribution in [2.75, 3.05) is 23.7 Å². The number of aromatic nitrogens is 1. The molecule has 0 radical (unpaired) electrons. The zero-order chi connectivity index (χ0) is 11.5. The largest absolute Gasteiger partial charge is 0.397 e. The molecule has 16 heavy (non-hydrogen) atoms. The predicted molar refractivity (Wildman–Crippen MR) is 68.6 cm³/mol. The number of nitrogen functional groups attached to an aromatic ring is 1. The third kappa shape index (κ3) is 2.46. The number of hydrogen-bond donors (Lipinski definition) is 1. The van der Waals surface area contributed by atoms with Crippen molar-refractivity contribution in [1.82, 2.24) is 4.98 Å². The second kappa shape index (κ2) is 4.73. The second-order valence-electron chi connectivity index (χ2n) is 4.87. The van der Waals surface area contributed by atoms with Gasteiger partial charge < -0.3 is 10.6 Å². The number of nitrogens with zero attached hydrogens (tertiary/aromatic N) is 2. The molecule has 3 nitrogen and oxygen atoms in total. The number of hydrogen-bond acceptors (Lipinski definition) is 3. The minimum absolute atomic E-state index is 0.784. The molecule has 1 fully saturated rings. The number of aryl methyl sites for hydroxylation is 1. The van der Waals surface area contributed by atoms with E-state index in [1.54, 1.807) is 0 Å². The Bertz CT molecular complexity index is 362.